The third-order valence-electron chi connectivity index (χ3n) is 5.09. The molecule has 8 nitrogen and oxygen atoms in total. The topological polar surface area (TPSA) is 81.5 Å². The molecule has 1 fully saturated rings. The summed E-state index contributed by atoms with van der Waals surface area (Å²) in [6.07, 6.45) is 0. The molecule has 0 saturated carbocycles. The molecule has 1 aliphatic heterocycles. The SMILES string of the molecule is COc1ccc(-n2nnc(C)c2C(=O)Nc2ccc(CN3CCOCC3)cc2)cc1. The van der Waals surface area contributed by atoms with Gasteiger partial charge in [0.1, 0.15) is 5.75 Å². The number of hydrogen-bond donors (Lipinski definition) is 1. The van der Waals surface area contributed by atoms with Crippen molar-refractivity contribution in [3.63, 3.8) is 0 Å². The van der Waals surface area contributed by atoms with Crippen LogP contribution in [0.4, 0.5) is 5.69 Å². The number of amides is 1. The van der Waals surface area contributed by atoms with Crippen molar-refractivity contribution >= 4 is 11.6 Å². The summed E-state index contributed by atoms with van der Waals surface area (Å²) in [7, 11) is 1.61. The quantitative estimate of drug-likeness (QED) is 0.677. The fourth-order valence-corrected chi connectivity index (χ4v) is 3.42. The molecular formula is C22H25N5O3. The minimum Gasteiger partial charge on any atom is -0.497 e. The van der Waals surface area contributed by atoms with Crippen molar-refractivity contribution in [2.75, 3.05) is 38.7 Å². The summed E-state index contributed by atoms with van der Waals surface area (Å²) in [4.78, 5) is 15.3. The van der Waals surface area contributed by atoms with E-state index in [9.17, 15) is 4.79 Å². The van der Waals surface area contributed by atoms with Crippen LogP contribution in [-0.4, -0.2) is 59.2 Å². The van der Waals surface area contributed by atoms with Crippen LogP contribution < -0.4 is 10.1 Å². The zero-order valence-corrected chi connectivity index (χ0v) is 17.2. The summed E-state index contributed by atoms with van der Waals surface area (Å²) >= 11 is 0. The number of aryl methyl sites for hydroxylation is 1. The van der Waals surface area contributed by atoms with Gasteiger partial charge in [0, 0.05) is 25.3 Å². The van der Waals surface area contributed by atoms with Gasteiger partial charge in [-0.05, 0) is 48.9 Å². The fraction of sp³-hybridized carbons (Fsp3) is 0.318. The van der Waals surface area contributed by atoms with E-state index in [1.807, 2.05) is 48.5 Å². The predicted octanol–water partition coefficient (Wildman–Crippen LogP) is 2.67. The molecule has 2 aromatic carbocycles. The number of anilines is 1. The van der Waals surface area contributed by atoms with Crippen molar-refractivity contribution in [2.24, 2.45) is 0 Å². The molecule has 1 N–H and O–H groups in total. The maximum absolute atomic E-state index is 13.0. The number of ether oxygens (including phenoxy) is 2. The van der Waals surface area contributed by atoms with Crippen LogP contribution in [0, 0.1) is 6.92 Å². The lowest BCUT2D eigenvalue weighted by Gasteiger charge is -2.26. The normalized spacial score (nSPS) is 14.5. The van der Waals surface area contributed by atoms with Crippen LogP contribution in [0.2, 0.25) is 0 Å². The molecule has 0 aliphatic carbocycles. The summed E-state index contributed by atoms with van der Waals surface area (Å²) in [6, 6.07) is 15.2. The standard InChI is InChI=1S/C22H25N5O3/c1-16-21(27(25-24-16)19-7-9-20(29-2)10-8-19)22(28)23-18-5-3-17(4-6-18)15-26-11-13-30-14-12-26/h3-10H,11-15H2,1-2H3,(H,23,28). The maximum atomic E-state index is 13.0. The molecule has 3 aromatic rings. The monoisotopic (exact) mass is 407 g/mol. The molecule has 1 aromatic heterocycles. The molecular weight excluding hydrogens is 382 g/mol. The number of carbonyl (C=O) groups is 1. The highest BCUT2D eigenvalue weighted by Crippen LogP contribution is 2.19. The average molecular weight is 407 g/mol. The third-order valence-corrected chi connectivity index (χ3v) is 5.09. The molecule has 0 bridgehead atoms. The Kier molecular flexibility index (Phi) is 6.06. The van der Waals surface area contributed by atoms with Crippen LogP contribution in [0.3, 0.4) is 0 Å². The minimum atomic E-state index is -0.255. The van der Waals surface area contributed by atoms with Crippen molar-refractivity contribution in [1.29, 1.82) is 0 Å². The Balaban J connectivity index is 1.46. The molecule has 0 unspecified atom stereocenters. The second-order valence-electron chi connectivity index (χ2n) is 7.17. The van der Waals surface area contributed by atoms with E-state index >= 15 is 0 Å². The highest BCUT2D eigenvalue weighted by atomic mass is 16.5. The molecule has 0 radical (unpaired) electrons. The first-order valence-electron chi connectivity index (χ1n) is 9.91. The van der Waals surface area contributed by atoms with E-state index in [-0.39, 0.29) is 5.91 Å². The lowest BCUT2D eigenvalue weighted by Crippen LogP contribution is -2.35. The van der Waals surface area contributed by atoms with E-state index in [1.54, 1.807) is 14.0 Å². The maximum Gasteiger partial charge on any atom is 0.276 e. The fourth-order valence-electron chi connectivity index (χ4n) is 3.42. The van der Waals surface area contributed by atoms with Gasteiger partial charge in [0.25, 0.3) is 5.91 Å². The molecule has 0 spiro atoms. The zero-order valence-electron chi connectivity index (χ0n) is 17.2. The summed E-state index contributed by atoms with van der Waals surface area (Å²) < 4.78 is 12.1. The minimum absolute atomic E-state index is 0.255. The lowest BCUT2D eigenvalue weighted by molar-refractivity contribution is 0.0342. The smallest absolute Gasteiger partial charge is 0.276 e. The Morgan fingerprint density at radius 2 is 1.80 bits per heavy atom. The number of nitrogens with one attached hydrogen (secondary N) is 1. The number of hydrogen-bond acceptors (Lipinski definition) is 6. The van der Waals surface area contributed by atoms with E-state index in [1.165, 1.54) is 10.2 Å². The molecule has 0 atom stereocenters. The summed E-state index contributed by atoms with van der Waals surface area (Å²) in [5, 5.41) is 11.2. The Bertz CT molecular complexity index is 993. The number of benzene rings is 2. The summed E-state index contributed by atoms with van der Waals surface area (Å²) in [5.41, 5.74) is 3.64. The molecule has 156 valence electrons. The largest absolute Gasteiger partial charge is 0.497 e. The molecule has 8 heteroatoms. The van der Waals surface area contributed by atoms with Crippen molar-refractivity contribution in [1.82, 2.24) is 19.9 Å². The first kappa shape index (κ1) is 20.1. The Morgan fingerprint density at radius 3 is 2.47 bits per heavy atom. The van der Waals surface area contributed by atoms with Gasteiger partial charge in [-0.15, -0.1) is 5.10 Å². The first-order valence-corrected chi connectivity index (χ1v) is 9.91. The van der Waals surface area contributed by atoms with Gasteiger partial charge in [-0.25, -0.2) is 4.68 Å². The first-order chi connectivity index (χ1) is 14.6. The predicted molar refractivity (Wildman–Crippen MR) is 113 cm³/mol. The van der Waals surface area contributed by atoms with E-state index in [4.69, 9.17) is 9.47 Å². The third kappa shape index (κ3) is 4.50. The van der Waals surface area contributed by atoms with Gasteiger partial charge in [-0.2, -0.15) is 0 Å². The van der Waals surface area contributed by atoms with Crippen LogP contribution in [-0.2, 0) is 11.3 Å². The summed E-state index contributed by atoms with van der Waals surface area (Å²) in [6.45, 7) is 6.10. The van der Waals surface area contributed by atoms with Crippen LogP contribution >= 0.6 is 0 Å². The number of nitrogens with zero attached hydrogens (tertiary/aromatic N) is 4. The van der Waals surface area contributed by atoms with Gasteiger partial charge in [0.05, 0.1) is 31.7 Å². The summed E-state index contributed by atoms with van der Waals surface area (Å²) in [5.74, 6) is 0.480. The van der Waals surface area contributed by atoms with Crippen molar-refractivity contribution in [2.45, 2.75) is 13.5 Å². The van der Waals surface area contributed by atoms with Crippen LogP contribution in [0.25, 0.3) is 5.69 Å². The van der Waals surface area contributed by atoms with E-state index < -0.39 is 0 Å². The van der Waals surface area contributed by atoms with Crippen LogP contribution in [0.15, 0.2) is 48.5 Å². The Morgan fingerprint density at radius 1 is 1.10 bits per heavy atom. The van der Waals surface area contributed by atoms with Gasteiger partial charge in [0.15, 0.2) is 5.69 Å². The number of aromatic nitrogens is 3. The number of carbonyl (C=O) groups excluding carboxylic acids is 1. The number of methoxy groups -OCH3 is 1. The highest BCUT2D eigenvalue weighted by Gasteiger charge is 2.19. The lowest BCUT2D eigenvalue weighted by atomic mass is 10.2. The van der Waals surface area contributed by atoms with Gasteiger partial charge < -0.3 is 14.8 Å². The number of morpholine rings is 1. The van der Waals surface area contributed by atoms with E-state index in [0.29, 0.717) is 11.4 Å². The van der Waals surface area contributed by atoms with Gasteiger partial charge in [0.2, 0.25) is 0 Å². The van der Waals surface area contributed by atoms with Crippen molar-refractivity contribution in [3.8, 4) is 11.4 Å². The van der Waals surface area contributed by atoms with Crippen molar-refractivity contribution < 1.29 is 14.3 Å². The second-order valence-corrected chi connectivity index (χ2v) is 7.17. The highest BCUT2D eigenvalue weighted by molar-refractivity contribution is 6.04. The van der Waals surface area contributed by atoms with Crippen LogP contribution in [0.5, 0.6) is 5.75 Å². The number of rotatable bonds is 6. The Hall–Kier alpha value is -3.23. The molecule has 30 heavy (non-hydrogen) atoms. The van der Waals surface area contributed by atoms with Gasteiger partial charge >= 0.3 is 0 Å². The van der Waals surface area contributed by atoms with E-state index in [2.05, 4.69) is 20.5 Å². The molecule has 1 aliphatic rings. The molecule has 1 amide bonds. The zero-order chi connectivity index (χ0) is 20.9. The molecule has 1 saturated heterocycles. The van der Waals surface area contributed by atoms with Gasteiger partial charge in [-0.1, -0.05) is 17.3 Å². The van der Waals surface area contributed by atoms with Crippen molar-refractivity contribution in [3.05, 3.63) is 65.5 Å². The second kappa shape index (κ2) is 9.06. The molecule has 4 rings (SSSR count). The average Bonchev–Trinajstić information content (AvgIpc) is 3.17. The van der Waals surface area contributed by atoms with Crippen LogP contribution in [0.1, 0.15) is 21.7 Å². The molecule has 2 heterocycles. The Labute approximate surface area is 175 Å². The van der Waals surface area contributed by atoms with Gasteiger partial charge in [-0.3, -0.25) is 9.69 Å². The van der Waals surface area contributed by atoms with E-state index in [0.717, 1.165) is 50.0 Å².